The largest absolute Gasteiger partial charge is 0.481 e. The van der Waals surface area contributed by atoms with Crippen molar-refractivity contribution in [2.45, 2.75) is 112 Å². The molecule has 11 atom stereocenters. The van der Waals surface area contributed by atoms with Crippen LogP contribution in [-0.4, -0.2) is 33.5 Å². The van der Waals surface area contributed by atoms with Crippen LogP contribution in [0.15, 0.2) is 11.6 Å². The predicted molar refractivity (Wildman–Crippen MR) is 134 cm³/mol. The van der Waals surface area contributed by atoms with Crippen molar-refractivity contribution in [1.29, 1.82) is 0 Å². The summed E-state index contributed by atoms with van der Waals surface area (Å²) in [5.74, 6) is 1.30. The summed E-state index contributed by atoms with van der Waals surface area (Å²) in [5, 5.41) is 32.4. The van der Waals surface area contributed by atoms with E-state index in [-0.39, 0.29) is 27.6 Å². The van der Waals surface area contributed by atoms with E-state index in [1.807, 2.05) is 0 Å². The van der Waals surface area contributed by atoms with E-state index in [9.17, 15) is 20.1 Å². The van der Waals surface area contributed by atoms with Crippen molar-refractivity contribution in [2.24, 2.45) is 56.7 Å². The van der Waals surface area contributed by atoms with Gasteiger partial charge in [0, 0.05) is 0 Å². The van der Waals surface area contributed by atoms with Gasteiger partial charge in [0.1, 0.15) is 0 Å². The first-order valence-electron chi connectivity index (χ1n) is 14.0. The number of aliphatic carboxylic acids is 1. The van der Waals surface area contributed by atoms with Crippen LogP contribution in [0.3, 0.4) is 0 Å². The first-order chi connectivity index (χ1) is 15.7. The average molecular weight is 473 g/mol. The fourth-order valence-corrected chi connectivity index (χ4v) is 11.0. The molecule has 0 spiro atoms. The van der Waals surface area contributed by atoms with Crippen LogP contribution < -0.4 is 0 Å². The second-order valence-electron chi connectivity index (χ2n) is 14.6. The lowest BCUT2D eigenvalue weighted by Crippen LogP contribution is -2.67. The van der Waals surface area contributed by atoms with Gasteiger partial charge in [0.25, 0.3) is 0 Å². The number of aliphatic hydroxyl groups is 2. The van der Waals surface area contributed by atoms with Gasteiger partial charge in [-0.15, -0.1) is 0 Å². The number of hydrogen-bond donors (Lipinski definition) is 3. The van der Waals surface area contributed by atoms with Gasteiger partial charge in [-0.2, -0.15) is 0 Å². The third-order valence-corrected chi connectivity index (χ3v) is 13.4. The van der Waals surface area contributed by atoms with E-state index in [1.54, 1.807) is 0 Å². The zero-order valence-corrected chi connectivity index (χ0v) is 22.5. The summed E-state index contributed by atoms with van der Waals surface area (Å²) in [6, 6.07) is 0. The van der Waals surface area contributed by atoms with Crippen LogP contribution in [0.5, 0.6) is 0 Å². The molecular formula is C30H48O4. The zero-order chi connectivity index (χ0) is 25.1. The molecule has 0 aromatic heterocycles. The van der Waals surface area contributed by atoms with E-state index < -0.39 is 23.6 Å². The SMILES string of the molecule is C[C@H]1[C@H](C)CC[C@]2(C(=O)O)CC[C@]3(C)C(=CC[C@H]4[C@@]5(C)C[C@@H](O)[C@H](O)C(C)(C)[C@@H]5CC[C@]43C)[C@H]12. The van der Waals surface area contributed by atoms with E-state index in [0.29, 0.717) is 30.1 Å². The third-order valence-electron chi connectivity index (χ3n) is 13.4. The van der Waals surface area contributed by atoms with Crippen molar-refractivity contribution in [3.05, 3.63) is 11.6 Å². The molecule has 0 aromatic rings. The molecule has 0 unspecified atom stereocenters. The Bertz CT molecular complexity index is 907. The molecule has 5 rings (SSSR count). The summed E-state index contributed by atoms with van der Waals surface area (Å²) < 4.78 is 0. The number of fused-ring (bicyclic) bond motifs is 7. The summed E-state index contributed by atoms with van der Waals surface area (Å²) in [5.41, 5.74) is 0.574. The van der Waals surface area contributed by atoms with Crippen LogP contribution in [0.25, 0.3) is 0 Å². The molecule has 3 N–H and O–H groups in total. The molecular weight excluding hydrogens is 424 g/mol. The first-order valence-corrected chi connectivity index (χ1v) is 14.0. The Balaban J connectivity index is 1.62. The van der Waals surface area contributed by atoms with E-state index >= 15 is 0 Å². The molecule has 0 radical (unpaired) electrons. The zero-order valence-electron chi connectivity index (χ0n) is 22.5. The van der Waals surface area contributed by atoms with E-state index in [1.165, 1.54) is 5.57 Å². The highest BCUT2D eigenvalue weighted by Gasteiger charge is 2.70. The summed E-state index contributed by atoms with van der Waals surface area (Å²) in [6.07, 6.45) is 8.53. The van der Waals surface area contributed by atoms with Crippen molar-refractivity contribution in [2.75, 3.05) is 0 Å². The van der Waals surface area contributed by atoms with Gasteiger partial charge in [-0.05, 0) is 103 Å². The van der Waals surface area contributed by atoms with Crippen molar-refractivity contribution in [1.82, 2.24) is 0 Å². The van der Waals surface area contributed by atoms with Crippen molar-refractivity contribution in [3.8, 4) is 0 Å². The highest BCUT2D eigenvalue weighted by molar-refractivity contribution is 5.76. The number of rotatable bonds is 1. The van der Waals surface area contributed by atoms with Crippen LogP contribution in [0.1, 0.15) is 99.8 Å². The number of hydrogen-bond acceptors (Lipinski definition) is 3. The lowest BCUT2D eigenvalue weighted by molar-refractivity contribution is -0.232. The average Bonchev–Trinajstić information content (AvgIpc) is 2.75. The predicted octanol–water partition coefficient (Wildman–Crippen LogP) is 6.06. The molecule has 4 fully saturated rings. The van der Waals surface area contributed by atoms with Gasteiger partial charge >= 0.3 is 5.97 Å². The molecule has 4 heteroatoms. The van der Waals surface area contributed by atoms with Crippen LogP contribution in [0, 0.1) is 56.7 Å². The Kier molecular flexibility index (Phi) is 5.36. The Morgan fingerprint density at radius 3 is 2.26 bits per heavy atom. The lowest BCUT2D eigenvalue weighted by atomic mass is 9.33. The van der Waals surface area contributed by atoms with Gasteiger partial charge in [-0.1, -0.05) is 60.1 Å². The van der Waals surface area contributed by atoms with Gasteiger partial charge in [-0.25, -0.2) is 0 Å². The first kappa shape index (κ1) is 24.8. The molecule has 4 nitrogen and oxygen atoms in total. The molecule has 0 aliphatic heterocycles. The second kappa shape index (κ2) is 7.34. The van der Waals surface area contributed by atoms with Crippen molar-refractivity contribution < 1.29 is 20.1 Å². The number of carboxylic acid groups (broad SMARTS) is 1. The summed E-state index contributed by atoms with van der Waals surface area (Å²) in [7, 11) is 0. The van der Waals surface area contributed by atoms with Gasteiger partial charge in [0.15, 0.2) is 0 Å². The van der Waals surface area contributed by atoms with E-state index in [4.69, 9.17) is 0 Å². The van der Waals surface area contributed by atoms with Crippen molar-refractivity contribution in [3.63, 3.8) is 0 Å². The highest BCUT2D eigenvalue weighted by atomic mass is 16.4. The van der Waals surface area contributed by atoms with Crippen LogP contribution in [0.4, 0.5) is 0 Å². The summed E-state index contributed by atoms with van der Waals surface area (Å²) in [4.78, 5) is 12.8. The molecule has 0 bridgehead atoms. The molecule has 34 heavy (non-hydrogen) atoms. The molecule has 4 saturated carbocycles. The standard InChI is InChI=1S/C30H48O4/c1-17-10-13-30(25(33)34)15-14-28(6)19(23(30)18(17)2)8-9-22-27(5)16-20(31)24(32)26(3,4)21(27)11-12-29(22,28)7/h8,17-18,20-24,31-32H,9-16H2,1-7H3,(H,33,34)/t17-,18+,20-,21+,22+,23+,24+,27+,28-,29-,30+/m1/s1. The molecule has 5 aliphatic carbocycles. The van der Waals surface area contributed by atoms with Gasteiger partial charge in [-0.3, -0.25) is 4.79 Å². The normalized spacial score (nSPS) is 56.3. The van der Waals surface area contributed by atoms with E-state index in [2.05, 4.69) is 54.5 Å². The summed E-state index contributed by atoms with van der Waals surface area (Å²) >= 11 is 0. The molecule has 0 amide bonds. The number of allylic oxidation sites excluding steroid dienone is 2. The van der Waals surface area contributed by atoms with E-state index in [0.717, 1.165) is 44.9 Å². The van der Waals surface area contributed by atoms with Crippen LogP contribution in [-0.2, 0) is 4.79 Å². The molecule has 0 heterocycles. The van der Waals surface area contributed by atoms with Gasteiger partial charge < -0.3 is 15.3 Å². The monoisotopic (exact) mass is 472 g/mol. The molecule has 0 saturated heterocycles. The van der Waals surface area contributed by atoms with Crippen LogP contribution >= 0.6 is 0 Å². The quantitative estimate of drug-likeness (QED) is 0.405. The maximum Gasteiger partial charge on any atom is 0.310 e. The number of carbonyl (C=O) groups is 1. The van der Waals surface area contributed by atoms with Crippen LogP contribution in [0.2, 0.25) is 0 Å². The Hall–Kier alpha value is -0.870. The minimum Gasteiger partial charge on any atom is -0.481 e. The fraction of sp³-hybridized carbons (Fsp3) is 0.900. The van der Waals surface area contributed by atoms with Gasteiger partial charge in [0.2, 0.25) is 0 Å². The maximum atomic E-state index is 12.8. The van der Waals surface area contributed by atoms with Gasteiger partial charge in [0.05, 0.1) is 17.6 Å². The number of aliphatic hydroxyl groups excluding tert-OH is 2. The minimum atomic E-state index is -0.679. The molecule has 192 valence electrons. The second-order valence-corrected chi connectivity index (χ2v) is 14.6. The fourth-order valence-electron chi connectivity index (χ4n) is 11.0. The topological polar surface area (TPSA) is 77.8 Å². The third kappa shape index (κ3) is 2.76. The molecule has 0 aromatic carbocycles. The smallest absolute Gasteiger partial charge is 0.310 e. The lowest BCUT2D eigenvalue weighted by Gasteiger charge is -2.71. The Morgan fingerprint density at radius 2 is 1.62 bits per heavy atom. The maximum absolute atomic E-state index is 12.8. The number of carboxylic acids is 1. The molecule has 5 aliphatic rings. The Morgan fingerprint density at radius 1 is 0.941 bits per heavy atom. The summed E-state index contributed by atoms with van der Waals surface area (Å²) in [6.45, 7) is 16.3. The minimum absolute atomic E-state index is 0.00993. The highest BCUT2D eigenvalue weighted by Crippen LogP contribution is 2.75. The van der Waals surface area contributed by atoms with Crippen molar-refractivity contribution >= 4 is 5.97 Å². The Labute approximate surface area is 206 Å².